The van der Waals surface area contributed by atoms with Crippen LogP contribution in [0.25, 0.3) is 0 Å². The van der Waals surface area contributed by atoms with Gasteiger partial charge in [-0.3, -0.25) is 0 Å². The van der Waals surface area contributed by atoms with Gasteiger partial charge in [0.1, 0.15) is 4.90 Å². The Labute approximate surface area is 124 Å². The first-order valence-corrected chi connectivity index (χ1v) is 8.25. The van der Waals surface area contributed by atoms with Gasteiger partial charge >= 0.3 is 0 Å². The summed E-state index contributed by atoms with van der Waals surface area (Å²) in [7, 11) is -3.61. The molecule has 0 heterocycles. The topological polar surface area (TPSA) is 58.2 Å². The summed E-state index contributed by atoms with van der Waals surface area (Å²) in [6.45, 7) is 5.18. The summed E-state index contributed by atoms with van der Waals surface area (Å²) >= 11 is 11.7. The van der Waals surface area contributed by atoms with Gasteiger partial charge in [-0.05, 0) is 31.2 Å². The number of hydrogen-bond donors (Lipinski definition) is 2. The van der Waals surface area contributed by atoms with Crippen LogP contribution in [0.5, 0.6) is 0 Å². The van der Waals surface area contributed by atoms with Gasteiger partial charge in [0.15, 0.2) is 0 Å². The Bertz CT molecular complexity index is 518. The van der Waals surface area contributed by atoms with Crippen LogP contribution in [-0.4, -0.2) is 27.5 Å². The van der Waals surface area contributed by atoms with E-state index in [9.17, 15) is 8.42 Å². The highest BCUT2D eigenvalue weighted by Crippen LogP contribution is 2.24. The number of nitrogens with one attached hydrogen (secondary N) is 2. The van der Waals surface area contributed by atoms with Gasteiger partial charge in [-0.25, -0.2) is 13.1 Å². The monoisotopic (exact) mass is 324 g/mol. The first kappa shape index (κ1) is 16.7. The molecule has 0 spiro atoms. The molecule has 0 aliphatic rings. The van der Waals surface area contributed by atoms with E-state index in [1.54, 1.807) is 6.07 Å². The van der Waals surface area contributed by atoms with Crippen LogP contribution in [0.4, 0.5) is 0 Å². The van der Waals surface area contributed by atoms with Gasteiger partial charge in [0.05, 0.1) is 5.02 Å². The SMILES string of the molecule is CC(C)NCCCNS(=O)(=O)c1cc(Cl)ccc1Cl. The van der Waals surface area contributed by atoms with Gasteiger partial charge in [-0.1, -0.05) is 37.0 Å². The van der Waals surface area contributed by atoms with Gasteiger partial charge in [0.25, 0.3) is 0 Å². The maximum atomic E-state index is 12.0. The molecule has 0 aliphatic heterocycles. The van der Waals surface area contributed by atoms with Crippen molar-refractivity contribution in [2.24, 2.45) is 0 Å². The van der Waals surface area contributed by atoms with Crippen LogP contribution >= 0.6 is 23.2 Å². The van der Waals surface area contributed by atoms with Crippen LogP contribution in [0.3, 0.4) is 0 Å². The van der Waals surface area contributed by atoms with Crippen LogP contribution < -0.4 is 10.0 Å². The zero-order chi connectivity index (χ0) is 14.5. The number of hydrogen-bond acceptors (Lipinski definition) is 3. The van der Waals surface area contributed by atoms with Crippen LogP contribution in [0, 0.1) is 0 Å². The molecule has 1 rings (SSSR count). The standard InChI is InChI=1S/C12H18Cl2N2O2S/c1-9(2)15-6-3-7-16-19(17,18)12-8-10(13)4-5-11(12)14/h4-5,8-9,15-16H,3,6-7H2,1-2H3. The fourth-order valence-electron chi connectivity index (χ4n) is 1.45. The molecule has 7 heteroatoms. The largest absolute Gasteiger partial charge is 0.314 e. The molecule has 0 atom stereocenters. The van der Waals surface area contributed by atoms with E-state index in [0.29, 0.717) is 24.0 Å². The molecule has 108 valence electrons. The molecule has 4 nitrogen and oxygen atoms in total. The molecular weight excluding hydrogens is 307 g/mol. The number of benzene rings is 1. The minimum Gasteiger partial charge on any atom is -0.314 e. The highest BCUT2D eigenvalue weighted by Gasteiger charge is 2.17. The summed E-state index contributed by atoms with van der Waals surface area (Å²) in [5, 5.41) is 3.71. The maximum Gasteiger partial charge on any atom is 0.242 e. The minimum absolute atomic E-state index is 0.0125. The second kappa shape index (κ2) is 7.45. The molecule has 2 N–H and O–H groups in total. The second-order valence-corrected chi connectivity index (χ2v) is 7.01. The van der Waals surface area contributed by atoms with Gasteiger partial charge in [0, 0.05) is 17.6 Å². The van der Waals surface area contributed by atoms with E-state index in [1.807, 2.05) is 13.8 Å². The zero-order valence-corrected chi connectivity index (χ0v) is 13.2. The summed E-state index contributed by atoms with van der Waals surface area (Å²) in [6, 6.07) is 4.76. The summed E-state index contributed by atoms with van der Waals surface area (Å²) in [6.07, 6.45) is 0.704. The fourth-order valence-corrected chi connectivity index (χ4v) is 3.28. The molecule has 0 bridgehead atoms. The van der Waals surface area contributed by atoms with Crippen LogP contribution in [0.1, 0.15) is 20.3 Å². The van der Waals surface area contributed by atoms with Crippen molar-refractivity contribution < 1.29 is 8.42 Å². The summed E-state index contributed by atoms with van der Waals surface area (Å²) < 4.78 is 26.6. The Morgan fingerprint density at radius 1 is 1.21 bits per heavy atom. The van der Waals surface area contributed by atoms with E-state index in [0.717, 1.165) is 6.54 Å². The van der Waals surface area contributed by atoms with E-state index < -0.39 is 10.0 Å². The smallest absolute Gasteiger partial charge is 0.242 e. The number of sulfonamides is 1. The Hall–Kier alpha value is -0.330. The lowest BCUT2D eigenvalue weighted by Gasteiger charge is -2.10. The lowest BCUT2D eigenvalue weighted by atomic mass is 10.3. The van der Waals surface area contributed by atoms with Crippen molar-refractivity contribution in [2.45, 2.75) is 31.2 Å². The number of halogens is 2. The van der Waals surface area contributed by atoms with Crippen molar-refractivity contribution in [1.82, 2.24) is 10.0 Å². The van der Waals surface area contributed by atoms with Crippen molar-refractivity contribution in [1.29, 1.82) is 0 Å². The molecule has 0 saturated carbocycles. The molecule has 0 aliphatic carbocycles. The van der Waals surface area contributed by atoms with Crippen LogP contribution in [0.2, 0.25) is 10.0 Å². The van der Waals surface area contributed by atoms with E-state index in [-0.39, 0.29) is 9.92 Å². The van der Waals surface area contributed by atoms with Gasteiger partial charge in [-0.2, -0.15) is 0 Å². The van der Waals surface area contributed by atoms with E-state index in [1.165, 1.54) is 12.1 Å². The number of rotatable bonds is 7. The van der Waals surface area contributed by atoms with Crippen molar-refractivity contribution in [3.05, 3.63) is 28.2 Å². The summed E-state index contributed by atoms with van der Waals surface area (Å²) in [5.74, 6) is 0. The van der Waals surface area contributed by atoms with Crippen molar-refractivity contribution in [3.8, 4) is 0 Å². The van der Waals surface area contributed by atoms with Crippen LogP contribution in [-0.2, 0) is 10.0 Å². The average Bonchev–Trinajstić information content (AvgIpc) is 2.31. The lowest BCUT2D eigenvalue weighted by Crippen LogP contribution is -2.29. The van der Waals surface area contributed by atoms with Gasteiger partial charge < -0.3 is 5.32 Å². The Balaban J connectivity index is 2.59. The average molecular weight is 325 g/mol. The highest BCUT2D eigenvalue weighted by molar-refractivity contribution is 7.89. The quantitative estimate of drug-likeness (QED) is 0.758. The van der Waals surface area contributed by atoms with Crippen LogP contribution in [0.15, 0.2) is 23.1 Å². The van der Waals surface area contributed by atoms with Crippen molar-refractivity contribution in [2.75, 3.05) is 13.1 Å². The normalized spacial score (nSPS) is 12.1. The summed E-state index contributed by atoms with van der Waals surface area (Å²) in [5.41, 5.74) is 0. The molecule has 1 aromatic carbocycles. The Morgan fingerprint density at radius 2 is 1.89 bits per heavy atom. The second-order valence-electron chi connectivity index (χ2n) is 4.43. The maximum absolute atomic E-state index is 12.0. The molecule has 19 heavy (non-hydrogen) atoms. The first-order chi connectivity index (χ1) is 8.83. The third kappa shape index (κ3) is 5.67. The minimum atomic E-state index is -3.61. The van der Waals surface area contributed by atoms with Crippen molar-refractivity contribution >= 4 is 33.2 Å². The zero-order valence-electron chi connectivity index (χ0n) is 10.9. The molecular formula is C12H18Cl2N2O2S. The van der Waals surface area contributed by atoms with Gasteiger partial charge in [-0.15, -0.1) is 0 Å². The highest BCUT2D eigenvalue weighted by atomic mass is 35.5. The molecule has 1 aromatic rings. The van der Waals surface area contributed by atoms with E-state index in [4.69, 9.17) is 23.2 Å². The predicted molar refractivity (Wildman–Crippen MR) is 79.4 cm³/mol. The fraction of sp³-hybridized carbons (Fsp3) is 0.500. The Morgan fingerprint density at radius 3 is 2.53 bits per heavy atom. The predicted octanol–water partition coefficient (Wildman–Crippen LogP) is 2.66. The molecule has 0 radical (unpaired) electrons. The first-order valence-electron chi connectivity index (χ1n) is 6.01. The molecule has 0 unspecified atom stereocenters. The van der Waals surface area contributed by atoms with Gasteiger partial charge in [0.2, 0.25) is 10.0 Å². The lowest BCUT2D eigenvalue weighted by molar-refractivity contribution is 0.554. The van der Waals surface area contributed by atoms with E-state index in [2.05, 4.69) is 10.0 Å². The van der Waals surface area contributed by atoms with E-state index >= 15 is 0 Å². The van der Waals surface area contributed by atoms with Crippen molar-refractivity contribution in [3.63, 3.8) is 0 Å². The molecule has 0 amide bonds. The molecule has 0 saturated heterocycles. The third-order valence-corrected chi connectivity index (χ3v) is 4.56. The Kier molecular flexibility index (Phi) is 6.56. The molecule has 0 fully saturated rings. The molecule has 0 aromatic heterocycles. The third-order valence-electron chi connectivity index (χ3n) is 2.38. The summed E-state index contributed by atoms with van der Waals surface area (Å²) in [4.78, 5) is 0.0125.